The smallest absolute Gasteiger partial charge is 0.318 e. The van der Waals surface area contributed by atoms with E-state index >= 15 is 0 Å². The van der Waals surface area contributed by atoms with E-state index in [2.05, 4.69) is 28.6 Å². The number of hydrogen-bond donors (Lipinski definition) is 2. The number of likely N-dealkylation sites (tertiary alicyclic amines) is 1. The Labute approximate surface area is 197 Å². The van der Waals surface area contributed by atoms with Crippen LogP contribution >= 0.6 is 11.8 Å². The van der Waals surface area contributed by atoms with E-state index in [1.54, 1.807) is 6.20 Å². The molecule has 0 spiro atoms. The van der Waals surface area contributed by atoms with Crippen LogP contribution in [0.4, 0.5) is 4.79 Å². The van der Waals surface area contributed by atoms with Gasteiger partial charge < -0.3 is 4.90 Å². The third-order valence-corrected chi connectivity index (χ3v) is 9.85. The van der Waals surface area contributed by atoms with Crippen LogP contribution in [-0.4, -0.2) is 88.1 Å². The van der Waals surface area contributed by atoms with Gasteiger partial charge >= 0.3 is 6.03 Å². The second kappa shape index (κ2) is 9.07. The second-order valence-electron chi connectivity index (χ2n) is 8.85. The molecule has 0 radical (unpaired) electrons. The Morgan fingerprint density at radius 1 is 1.33 bits per heavy atom. The van der Waals surface area contributed by atoms with E-state index < -0.39 is 20.5 Å². The maximum absolute atomic E-state index is 12.7. The van der Waals surface area contributed by atoms with Crippen molar-refractivity contribution >= 4 is 33.5 Å². The lowest BCUT2D eigenvalue weighted by Gasteiger charge is -2.45. The molecule has 2 fully saturated rings. The Balaban J connectivity index is 1.32. The normalized spacial score (nSPS) is 20.5. The molecular formula is C22H26N4O5S2. The molecule has 11 heteroatoms. The third-order valence-electron chi connectivity index (χ3n) is 6.58. The van der Waals surface area contributed by atoms with E-state index in [4.69, 9.17) is 5.21 Å². The summed E-state index contributed by atoms with van der Waals surface area (Å²) in [7, 11) is -3.82. The average Bonchev–Trinajstić information content (AvgIpc) is 3.22. The summed E-state index contributed by atoms with van der Waals surface area (Å²) >= 11 is 1.98. The van der Waals surface area contributed by atoms with Crippen molar-refractivity contribution in [2.24, 2.45) is 5.92 Å². The molecular weight excluding hydrogens is 464 g/mol. The summed E-state index contributed by atoms with van der Waals surface area (Å²) < 4.78 is 23.8. The fourth-order valence-corrected chi connectivity index (χ4v) is 5.69. The molecule has 2 N–H and O–H groups in total. The van der Waals surface area contributed by atoms with Gasteiger partial charge in [-0.2, -0.15) is 11.8 Å². The van der Waals surface area contributed by atoms with Gasteiger partial charge in [0.2, 0.25) is 0 Å². The van der Waals surface area contributed by atoms with E-state index in [9.17, 15) is 18.0 Å². The standard InChI is InChI=1S/C22H26N4O5S2/c1-22(20(27)23-29,33(2,30)31)7-8-24-13-18-9-16(12-26(18)21(24)28)5-3-4-6-17-10-25(11-17)19-14-32-15-19/h9,12,17,19,29H,7-8,10-11,13-15H2,1-2H3,(H,23,27). The van der Waals surface area contributed by atoms with Crippen LogP contribution in [0.25, 0.3) is 0 Å². The first kappa shape index (κ1) is 23.7. The summed E-state index contributed by atoms with van der Waals surface area (Å²) in [5.74, 6) is 13.8. The lowest BCUT2D eigenvalue weighted by molar-refractivity contribution is -0.131. The van der Waals surface area contributed by atoms with E-state index in [1.807, 2.05) is 17.8 Å². The molecule has 1 aromatic heterocycles. The van der Waals surface area contributed by atoms with Gasteiger partial charge in [-0.25, -0.2) is 18.7 Å². The number of nitrogens with zero attached hydrogens (tertiary/aromatic N) is 3. The molecule has 0 saturated carbocycles. The fourth-order valence-electron chi connectivity index (χ4n) is 3.98. The minimum Gasteiger partial charge on any atom is -0.318 e. The van der Waals surface area contributed by atoms with Crippen LogP contribution in [0.3, 0.4) is 0 Å². The van der Waals surface area contributed by atoms with Crippen molar-refractivity contribution in [2.75, 3.05) is 37.4 Å². The summed E-state index contributed by atoms with van der Waals surface area (Å²) in [5, 5.41) is 8.93. The van der Waals surface area contributed by atoms with E-state index in [1.165, 1.54) is 33.4 Å². The molecule has 1 atom stereocenters. The molecule has 3 aliphatic heterocycles. The maximum atomic E-state index is 12.7. The molecule has 33 heavy (non-hydrogen) atoms. The van der Waals surface area contributed by atoms with Crippen molar-refractivity contribution in [2.45, 2.75) is 30.7 Å². The highest BCUT2D eigenvalue weighted by Crippen LogP contribution is 2.29. The Morgan fingerprint density at radius 2 is 2.06 bits per heavy atom. The van der Waals surface area contributed by atoms with Gasteiger partial charge in [0.15, 0.2) is 14.6 Å². The molecule has 3 aliphatic rings. The van der Waals surface area contributed by atoms with Gasteiger partial charge in [-0.05, 0) is 31.3 Å². The Morgan fingerprint density at radius 3 is 2.64 bits per heavy atom. The maximum Gasteiger partial charge on any atom is 0.328 e. The molecule has 9 nitrogen and oxygen atoms in total. The minimum atomic E-state index is -3.82. The topological polar surface area (TPSA) is 112 Å². The zero-order valence-corrected chi connectivity index (χ0v) is 20.1. The SMILES string of the molecule is CC(CCN1Cc2cc(C#CC#CC3CN(C4CSC4)C3)cn2C1=O)(C(=O)NO)S(C)(=O)=O. The van der Waals surface area contributed by atoms with Gasteiger partial charge in [-0.1, -0.05) is 11.8 Å². The van der Waals surface area contributed by atoms with E-state index in [0.29, 0.717) is 11.5 Å². The van der Waals surface area contributed by atoms with E-state index in [0.717, 1.165) is 31.1 Å². The van der Waals surface area contributed by atoms with Crippen molar-refractivity contribution < 1.29 is 23.2 Å². The Hall–Kier alpha value is -2.44. The predicted molar refractivity (Wildman–Crippen MR) is 124 cm³/mol. The van der Waals surface area contributed by atoms with Crippen LogP contribution < -0.4 is 5.48 Å². The number of hydroxylamine groups is 1. The minimum absolute atomic E-state index is 0.0436. The van der Waals surface area contributed by atoms with Crippen molar-refractivity contribution in [3.05, 3.63) is 23.5 Å². The van der Waals surface area contributed by atoms with E-state index in [-0.39, 0.29) is 25.5 Å². The second-order valence-corrected chi connectivity index (χ2v) is 12.4. The first-order valence-corrected chi connectivity index (χ1v) is 13.6. The first-order chi connectivity index (χ1) is 15.6. The van der Waals surface area contributed by atoms with Crippen LogP contribution in [0.15, 0.2) is 12.3 Å². The number of fused-ring (bicyclic) bond motifs is 1. The van der Waals surface area contributed by atoms with Crippen LogP contribution in [0.1, 0.15) is 24.6 Å². The lowest BCUT2D eigenvalue weighted by Crippen LogP contribution is -2.56. The Bertz CT molecular complexity index is 1190. The molecule has 0 aliphatic carbocycles. The highest BCUT2D eigenvalue weighted by Gasteiger charge is 2.44. The molecule has 4 rings (SSSR count). The summed E-state index contributed by atoms with van der Waals surface area (Å²) in [6, 6.07) is 2.22. The van der Waals surface area contributed by atoms with Crippen LogP contribution in [-0.2, 0) is 21.2 Å². The number of carbonyl (C=O) groups is 2. The third kappa shape index (κ3) is 4.64. The summed E-state index contributed by atoms with van der Waals surface area (Å²) in [4.78, 5) is 28.6. The predicted octanol–water partition coefficient (Wildman–Crippen LogP) is 0.373. The summed E-state index contributed by atoms with van der Waals surface area (Å²) in [6.07, 6.45) is 2.43. The molecule has 1 unspecified atom stereocenters. The van der Waals surface area contributed by atoms with Crippen molar-refractivity contribution in [1.82, 2.24) is 19.8 Å². The molecule has 1 aromatic rings. The van der Waals surface area contributed by atoms with Gasteiger partial charge in [0.05, 0.1) is 6.54 Å². The summed E-state index contributed by atoms with van der Waals surface area (Å²) in [5.41, 5.74) is 2.84. The molecule has 176 valence electrons. The number of thioether (sulfide) groups is 1. The van der Waals surface area contributed by atoms with Crippen molar-refractivity contribution in [1.29, 1.82) is 0 Å². The largest absolute Gasteiger partial charge is 0.328 e. The first-order valence-electron chi connectivity index (χ1n) is 10.6. The highest BCUT2D eigenvalue weighted by atomic mass is 32.2. The number of rotatable bonds is 6. The molecule has 0 aromatic carbocycles. The number of sulfone groups is 1. The van der Waals surface area contributed by atoms with Crippen LogP contribution in [0, 0.1) is 29.6 Å². The van der Waals surface area contributed by atoms with Gasteiger partial charge in [-0.3, -0.25) is 19.5 Å². The molecule has 2 amide bonds. The van der Waals surface area contributed by atoms with Gasteiger partial charge in [0.25, 0.3) is 5.91 Å². The zero-order chi connectivity index (χ0) is 23.8. The van der Waals surface area contributed by atoms with Gasteiger partial charge in [0.1, 0.15) is 0 Å². The molecule has 2 saturated heterocycles. The fraction of sp³-hybridized carbons (Fsp3) is 0.545. The number of aromatic nitrogens is 1. The molecule has 4 heterocycles. The van der Waals surface area contributed by atoms with Gasteiger partial charge in [-0.15, -0.1) is 0 Å². The molecule has 0 bridgehead atoms. The van der Waals surface area contributed by atoms with Crippen molar-refractivity contribution in [3.8, 4) is 23.7 Å². The quantitative estimate of drug-likeness (QED) is 0.337. The number of nitrogens with one attached hydrogen (secondary N) is 1. The van der Waals surface area contributed by atoms with Crippen molar-refractivity contribution in [3.63, 3.8) is 0 Å². The summed E-state index contributed by atoms with van der Waals surface area (Å²) in [6.45, 7) is 3.59. The average molecular weight is 491 g/mol. The monoisotopic (exact) mass is 490 g/mol. The van der Waals surface area contributed by atoms with Gasteiger partial charge in [0, 0.05) is 66.8 Å². The zero-order valence-electron chi connectivity index (χ0n) is 18.5. The highest BCUT2D eigenvalue weighted by molar-refractivity contribution is 8.00. The Kier molecular flexibility index (Phi) is 6.52. The van der Waals surface area contributed by atoms with Crippen LogP contribution in [0.2, 0.25) is 0 Å². The van der Waals surface area contributed by atoms with Crippen LogP contribution in [0.5, 0.6) is 0 Å². The number of amides is 2. The number of carbonyl (C=O) groups excluding carboxylic acids is 2. The number of hydrogen-bond acceptors (Lipinski definition) is 7. The lowest BCUT2D eigenvalue weighted by atomic mass is 9.99.